The molecular formula is C18H15Cl2N5O3S2. The first-order chi connectivity index (χ1) is 14.3. The average molecular weight is 484 g/mol. The van der Waals surface area contributed by atoms with Crippen molar-refractivity contribution < 1.29 is 13.2 Å². The first-order valence-electron chi connectivity index (χ1n) is 8.29. The molecule has 1 heterocycles. The van der Waals surface area contributed by atoms with E-state index in [2.05, 4.69) is 25.3 Å². The molecule has 0 fully saturated rings. The van der Waals surface area contributed by atoms with Crippen molar-refractivity contribution in [3.8, 4) is 5.88 Å². The number of anilines is 3. The van der Waals surface area contributed by atoms with Crippen LogP contribution in [0, 0.1) is 0 Å². The molecule has 3 rings (SSSR count). The summed E-state index contributed by atoms with van der Waals surface area (Å²) in [4.78, 5) is 7.75. The standard InChI is InChI=1S/C18H15Cl2N5O3S2/c1-28-17-9-16(21-10-22-17)25-30(26,27)13-5-3-12(4-6-13)23-18(29)24-15-7-2-11(19)8-14(15)20/h2-10H,1H3,(H,21,22,25)(H2,23,24,29). The summed E-state index contributed by atoms with van der Waals surface area (Å²) in [5.41, 5.74) is 1.17. The van der Waals surface area contributed by atoms with E-state index in [4.69, 9.17) is 40.2 Å². The van der Waals surface area contributed by atoms with Crippen molar-refractivity contribution in [3.05, 3.63) is 64.9 Å². The summed E-state index contributed by atoms with van der Waals surface area (Å²) in [6.45, 7) is 0. The van der Waals surface area contributed by atoms with Crippen molar-refractivity contribution in [3.63, 3.8) is 0 Å². The molecular weight excluding hydrogens is 469 g/mol. The number of hydrogen-bond acceptors (Lipinski definition) is 6. The van der Waals surface area contributed by atoms with Crippen LogP contribution < -0.4 is 20.1 Å². The van der Waals surface area contributed by atoms with Crippen molar-refractivity contribution in [2.75, 3.05) is 22.5 Å². The zero-order chi connectivity index (χ0) is 21.7. The van der Waals surface area contributed by atoms with Crippen molar-refractivity contribution in [2.24, 2.45) is 0 Å². The molecule has 0 amide bonds. The SMILES string of the molecule is COc1cc(NS(=O)(=O)c2ccc(NC(=S)Nc3ccc(Cl)cc3Cl)cc2)ncn1. The molecule has 8 nitrogen and oxygen atoms in total. The Hall–Kier alpha value is -2.66. The van der Waals surface area contributed by atoms with E-state index < -0.39 is 10.0 Å². The fraction of sp³-hybridized carbons (Fsp3) is 0.0556. The summed E-state index contributed by atoms with van der Waals surface area (Å²) in [6.07, 6.45) is 1.20. The van der Waals surface area contributed by atoms with Gasteiger partial charge in [-0.3, -0.25) is 4.72 Å². The van der Waals surface area contributed by atoms with Gasteiger partial charge in [-0.2, -0.15) is 0 Å². The van der Waals surface area contributed by atoms with Crippen molar-refractivity contribution in [1.29, 1.82) is 0 Å². The molecule has 0 spiro atoms. The first kappa shape index (κ1) is 22.0. The Morgan fingerprint density at radius 1 is 1.03 bits per heavy atom. The van der Waals surface area contributed by atoms with Gasteiger partial charge in [0.05, 0.1) is 22.7 Å². The van der Waals surface area contributed by atoms with Gasteiger partial charge in [0, 0.05) is 16.8 Å². The van der Waals surface area contributed by atoms with Gasteiger partial charge in [-0.25, -0.2) is 18.4 Å². The minimum atomic E-state index is -3.84. The third kappa shape index (κ3) is 5.70. The van der Waals surface area contributed by atoms with Crippen LogP contribution in [0.2, 0.25) is 10.0 Å². The van der Waals surface area contributed by atoms with Gasteiger partial charge >= 0.3 is 0 Å². The molecule has 2 aromatic carbocycles. The Bertz CT molecular complexity index is 1170. The minimum absolute atomic E-state index is 0.0465. The minimum Gasteiger partial charge on any atom is -0.481 e. The van der Waals surface area contributed by atoms with Gasteiger partial charge in [0.2, 0.25) is 5.88 Å². The number of benzene rings is 2. The van der Waals surface area contributed by atoms with E-state index in [9.17, 15) is 8.42 Å². The molecule has 0 unspecified atom stereocenters. The fourth-order valence-corrected chi connectivity index (χ4v) is 3.98. The van der Waals surface area contributed by atoms with Gasteiger partial charge in [-0.1, -0.05) is 23.2 Å². The molecule has 0 atom stereocenters. The van der Waals surface area contributed by atoms with Crippen LogP contribution in [0.1, 0.15) is 0 Å². The predicted octanol–water partition coefficient (Wildman–Crippen LogP) is 4.40. The van der Waals surface area contributed by atoms with Crippen LogP contribution in [0.5, 0.6) is 5.88 Å². The molecule has 156 valence electrons. The van der Waals surface area contributed by atoms with Gasteiger partial charge in [-0.05, 0) is 54.7 Å². The smallest absolute Gasteiger partial charge is 0.263 e. The van der Waals surface area contributed by atoms with E-state index >= 15 is 0 Å². The Balaban J connectivity index is 1.66. The molecule has 1 aromatic heterocycles. The van der Waals surface area contributed by atoms with Crippen molar-refractivity contribution in [1.82, 2.24) is 9.97 Å². The number of sulfonamides is 1. The number of thiocarbonyl (C=S) groups is 1. The number of rotatable bonds is 6. The molecule has 0 aliphatic rings. The van der Waals surface area contributed by atoms with Gasteiger partial charge < -0.3 is 15.4 Å². The second kappa shape index (κ2) is 9.43. The summed E-state index contributed by atoms with van der Waals surface area (Å²) in [6, 6.07) is 12.4. The predicted molar refractivity (Wildman–Crippen MR) is 122 cm³/mol. The van der Waals surface area contributed by atoms with E-state index in [-0.39, 0.29) is 21.7 Å². The van der Waals surface area contributed by atoms with Crippen molar-refractivity contribution in [2.45, 2.75) is 4.90 Å². The second-order valence-electron chi connectivity index (χ2n) is 5.78. The number of nitrogens with zero attached hydrogens (tertiary/aromatic N) is 2. The summed E-state index contributed by atoms with van der Waals surface area (Å²) in [5.74, 6) is 0.332. The molecule has 0 aliphatic heterocycles. The lowest BCUT2D eigenvalue weighted by atomic mass is 10.3. The Morgan fingerprint density at radius 2 is 1.77 bits per heavy atom. The highest BCUT2D eigenvalue weighted by Gasteiger charge is 2.15. The second-order valence-corrected chi connectivity index (χ2v) is 8.71. The molecule has 3 aromatic rings. The van der Waals surface area contributed by atoms with Crippen LogP contribution in [0.4, 0.5) is 17.2 Å². The maximum Gasteiger partial charge on any atom is 0.263 e. The number of nitrogens with one attached hydrogen (secondary N) is 3. The number of hydrogen-bond donors (Lipinski definition) is 3. The van der Waals surface area contributed by atoms with Crippen LogP contribution in [-0.2, 0) is 10.0 Å². The zero-order valence-electron chi connectivity index (χ0n) is 15.4. The van der Waals surface area contributed by atoms with Gasteiger partial charge in [0.15, 0.2) is 5.11 Å². The van der Waals surface area contributed by atoms with Gasteiger partial charge in [-0.15, -0.1) is 0 Å². The van der Waals surface area contributed by atoms with Crippen LogP contribution >= 0.6 is 35.4 Å². The summed E-state index contributed by atoms with van der Waals surface area (Å²) >= 11 is 17.2. The third-order valence-corrected chi connectivity index (χ3v) is 5.81. The van der Waals surface area contributed by atoms with Gasteiger partial charge in [0.25, 0.3) is 10.0 Å². The Kier molecular flexibility index (Phi) is 6.93. The zero-order valence-corrected chi connectivity index (χ0v) is 18.5. The number of halogens is 2. The molecule has 0 aliphatic carbocycles. The number of methoxy groups -OCH3 is 1. The highest BCUT2D eigenvalue weighted by molar-refractivity contribution is 7.92. The Morgan fingerprint density at radius 3 is 2.43 bits per heavy atom. The molecule has 0 saturated heterocycles. The average Bonchev–Trinajstić information content (AvgIpc) is 2.70. The van der Waals surface area contributed by atoms with Crippen LogP contribution in [0.3, 0.4) is 0 Å². The lowest BCUT2D eigenvalue weighted by molar-refractivity contribution is 0.397. The Labute approximate surface area is 188 Å². The molecule has 0 radical (unpaired) electrons. The van der Waals surface area contributed by atoms with E-state index in [0.717, 1.165) is 0 Å². The molecule has 0 bridgehead atoms. The monoisotopic (exact) mass is 483 g/mol. The maximum atomic E-state index is 12.5. The summed E-state index contributed by atoms with van der Waals surface area (Å²) < 4.78 is 32.4. The number of aromatic nitrogens is 2. The summed E-state index contributed by atoms with van der Waals surface area (Å²) in [7, 11) is -2.42. The lowest BCUT2D eigenvalue weighted by Gasteiger charge is -2.13. The molecule has 12 heteroatoms. The lowest BCUT2D eigenvalue weighted by Crippen LogP contribution is -2.19. The van der Waals surface area contributed by atoms with E-state index in [1.807, 2.05) is 0 Å². The maximum absolute atomic E-state index is 12.5. The summed E-state index contributed by atoms with van der Waals surface area (Å²) in [5, 5.41) is 7.10. The topological polar surface area (TPSA) is 105 Å². The molecule has 3 N–H and O–H groups in total. The van der Waals surface area contributed by atoms with E-state index in [0.29, 0.717) is 21.4 Å². The number of ether oxygens (including phenoxy) is 1. The quantitative estimate of drug-likeness (QED) is 0.443. The normalized spacial score (nSPS) is 10.9. The highest BCUT2D eigenvalue weighted by atomic mass is 35.5. The van der Waals surface area contributed by atoms with Crippen LogP contribution in [-0.4, -0.2) is 30.6 Å². The van der Waals surface area contributed by atoms with E-state index in [1.165, 1.54) is 31.6 Å². The van der Waals surface area contributed by atoms with Crippen molar-refractivity contribution >= 4 is 67.7 Å². The molecule has 30 heavy (non-hydrogen) atoms. The molecule has 0 saturated carbocycles. The fourth-order valence-electron chi connectivity index (χ4n) is 2.30. The van der Waals surface area contributed by atoms with Gasteiger partial charge in [0.1, 0.15) is 12.1 Å². The first-order valence-corrected chi connectivity index (χ1v) is 10.9. The van der Waals surface area contributed by atoms with Crippen LogP contribution in [0.25, 0.3) is 0 Å². The van der Waals surface area contributed by atoms with Crippen LogP contribution in [0.15, 0.2) is 59.8 Å². The highest BCUT2D eigenvalue weighted by Crippen LogP contribution is 2.25. The van der Waals surface area contributed by atoms with E-state index in [1.54, 1.807) is 30.3 Å². The largest absolute Gasteiger partial charge is 0.481 e. The third-order valence-electron chi connectivity index (χ3n) is 3.69.